The van der Waals surface area contributed by atoms with Crippen molar-refractivity contribution in [2.75, 3.05) is 6.61 Å². The summed E-state index contributed by atoms with van der Waals surface area (Å²) in [5.74, 6) is 0.759. The average molecular weight is 272 g/mol. The van der Waals surface area contributed by atoms with Crippen molar-refractivity contribution < 1.29 is 4.74 Å². The van der Waals surface area contributed by atoms with Gasteiger partial charge in [-0.05, 0) is 35.3 Å². The number of unbranched alkanes of at least 4 members (excludes halogenated alkanes) is 3. The zero-order valence-electron chi connectivity index (χ0n) is 9.42. The molecule has 3 heteroatoms. The molecule has 0 aliphatic heterocycles. The molecule has 2 nitrogen and oxygen atoms in total. The first-order valence-corrected chi connectivity index (χ1v) is 6.28. The summed E-state index contributed by atoms with van der Waals surface area (Å²) in [6.07, 6.45) is 6.68. The number of ether oxygens (including phenoxy) is 1. The fraction of sp³-hybridized carbons (Fsp3) is 0.583. The molecule has 84 valence electrons. The summed E-state index contributed by atoms with van der Waals surface area (Å²) in [5, 5.41) is 0. The van der Waals surface area contributed by atoms with Gasteiger partial charge in [0.15, 0.2) is 0 Å². The van der Waals surface area contributed by atoms with Gasteiger partial charge in [-0.15, -0.1) is 0 Å². The minimum absolute atomic E-state index is 0.759. The lowest BCUT2D eigenvalue weighted by atomic mass is 10.2. The number of hydrogen-bond donors (Lipinski definition) is 0. The minimum Gasteiger partial charge on any atom is -0.477 e. The smallest absolute Gasteiger partial charge is 0.216 e. The lowest BCUT2D eigenvalue weighted by molar-refractivity contribution is 0.291. The zero-order valence-corrected chi connectivity index (χ0v) is 11.0. The normalized spacial score (nSPS) is 10.3. The number of nitrogens with zero attached hydrogens (tertiary/aromatic N) is 1. The van der Waals surface area contributed by atoms with Gasteiger partial charge in [-0.1, -0.05) is 26.2 Å². The molecule has 0 fully saturated rings. The van der Waals surface area contributed by atoms with E-state index in [9.17, 15) is 0 Å². The van der Waals surface area contributed by atoms with Gasteiger partial charge in [-0.25, -0.2) is 4.98 Å². The van der Waals surface area contributed by atoms with Crippen molar-refractivity contribution >= 4 is 15.9 Å². The summed E-state index contributed by atoms with van der Waals surface area (Å²) in [7, 11) is 0. The Morgan fingerprint density at radius 2 is 2.13 bits per heavy atom. The Kier molecular flexibility index (Phi) is 5.69. The van der Waals surface area contributed by atoms with E-state index in [-0.39, 0.29) is 0 Å². The second-order valence-electron chi connectivity index (χ2n) is 3.68. The molecule has 0 saturated carbocycles. The highest BCUT2D eigenvalue weighted by atomic mass is 79.9. The summed E-state index contributed by atoms with van der Waals surface area (Å²) < 4.78 is 6.60. The van der Waals surface area contributed by atoms with Crippen molar-refractivity contribution in [3.05, 3.63) is 22.3 Å². The van der Waals surface area contributed by atoms with Gasteiger partial charge >= 0.3 is 0 Å². The number of rotatable bonds is 6. The molecule has 0 spiro atoms. The standard InChI is InChI=1S/C12H18BrNO/c1-3-4-5-6-7-15-12-10(2)8-11(13)9-14-12/h8-9H,3-7H2,1-2H3. The van der Waals surface area contributed by atoms with Gasteiger partial charge in [0.2, 0.25) is 5.88 Å². The highest BCUT2D eigenvalue weighted by molar-refractivity contribution is 9.10. The zero-order chi connectivity index (χ0) is 11.1. The van der Waals surface area contributed by atoms with Crippen LogP contribution in [-0.4, -0.2) is 11.6 Å². The number of aromatic nitrogens is 1. The molecule has 0 saturated heterocycles. The monoisotopic (exact) mass is 271 g/mol. The van der Waals surface area contributed by atoms with Crippen molar-refractivity contribution in [1.82, 2.24) is 4.98 Å². The number of aryl methyl sites for hydroxylation is 1. The number of halogens is 1. The molecule has 15 heavy (non-hydrogen) atoms. The summed E-state index contributed by atoms with van der Waals surface area (Å²) in [6, 6.07) is 2.02. The maximum absolute atomic E-state index is 5.61. The molecule has 1 heterocycles. The molecule has 1 aromatic rings. The van der Waals surface area contributed by atoms with E-state index in [1.54, 1.807) is 6.20 Å². The Balaban J connectivity index is 2.31. The van der Waals surface area contributed by atoms with Crippen LogP contribution in [-0.2, 0) is 0 Å². The molecule has 0 aliphatic rings. The Hall–Kier alpha value is -0.570. The maximum atomic E-state index is 5.61. The average Bonchev–Trinajstić information content (AvgIpc) is 2.20. The van der Waals surface area contributed by atoms with Gasteiger partial charge in [-0.2, -0.15) is 0 Å². The van der Waals surface area contributed by atoms with Crippen molar-refractivity contribution in [1.29, 1.82) is 0 Å². The first kappa shape index (κ1) is 12.5. The topological polar surface area (TPSA) is 22.1 Å². The van der Waals surface area contributed by atoms with E-state index in [2.05, 4.69) is 27.8 Å². The molecule has 1 aromatic heterocycles. The lowest BCUT2D eigenvalue weighted by Gasteiger charge is -2.07. The molecular formula is C12H18BrNO. The molecule has 0 amide bonds. The first-order chi connectivity index (χ1) is 7.24. The van der Waals surface area contributed by atoms with E-state index < -0.39 is 0 Å². The van der Waals surface area contributed by atoms with Gasteiger partial charge in [0.1, 0.15) is 0 Å². The second kappa shape index (κ2) is 6.83. The van der Waals surface area contributed by atoms with Crippen LogP contribution in [0.2, 0.25) is 0 Å². The van der Waals surface area contributed by atoms with Crippen LogP contribution in [0.1, 0.15) is 38.2 Å². The lowest BCUT2D eigenvalue weighted by Crippen LogP contribution is -2.00. The first-order valence-electron chi connectivity index (χ1n) is 5.49. The van der Waals surface area contributed by atoms with Crippen LogP contribution in [0.3, 0.4) is 0 Å². The van der Waals surface area contributed by atoms with Gasteiger partial charge in [0.05, 0.1) is 6.61 Å². The van der Waals surface area contributed by atoms with Crippen molar-refractivity contribution in [2.24, 2.45) is 0 Å². The summed E-state index contributed by atoms with van der Waals surface area (Å²) in [4.78, 5) is 4.23. The number of hydrogen-bond acceptors (Lipinski definition) is 2. The predicted molar refractivity (Wildman–Crippen MR) is 66.3 cm³/mol. The molecule has 0 unspecified atom stereocenters. The van der Waals surface area contributed by atoms with Gasteiger partial charge in [0.25, 0.3) is 0 Å². The van der Waals surface area contributed by atoms with E-state index in [0.717, 1.165) is 28.9 Å². The molecular weight excluding hydrogens is 254 g/mol. The van der Waals surface area contributed by atoms with Crippen LogP contribution in [0, 0.1) is 6.92 Å². The van der Waals surface area contributed by atoms with E-state index in [4.69, 9.17) is 4.74 Å². The Labute approximate surface area is 100 Å². The van der Waals surface area contributed by atoms with Crippen LogP contribution in [0.25, 0.3) is 0 Å². The molecule has 0 radical (unpaired) electrons. The van der Waals surface area contributed by atoms with E-state index in [1.165, 1.54) is 19.3 Å². The highest BCUT2D eigenvalue weighted by Crippen LogP contribution is 2.18. The van der Waals surface area contributed by atoms with E-state index in [0.29, 0.717) is 0 Å². The van der Waals surface area contributed by atoms with Crippen LogP contribution in [0.15, 0.2) is 16.7 Å². The van der Waals surface area contributed by atoms with Gasteiger partial charge in [-0.3, -0.25) is 0 Å². The van der Waals surface area contributed by atoms with E-state index in [1.807, 2.05) is 13.0 Å². The Morgan fingerprint density at radius 1 is 1.33 bits per heavy atom. The van der Waals surface area contributed by atoms with Crippen LogP contribution in [0.4, 0.5) is 0 Å². The molecule has 0 bridgehead atoms. The fourth-order valence-corrected chi connectivity index (χ4v) is 1.82. The largest absolute Gasteiger partial charge is 0.477 e. The number of pyridine rings is 1. The minimum atomic E-state index is 0.759. The third kappa shape index (κ3) is 4.65. The Bertz CT molecular complexity index is 302. The van der Waals surface area contributed by atoms with Crippen LogP contribution in [0.5, 0.6) is 5.88 Å². The van der Waals surface area contributed by atoms with Crippen molar-refractivity contribution in [2.45, 2.75) is 39.5 Å². The SMILES string of the molecule is CCCCCCOc1ncc(Br)cc1C. The van der Waals surface area contributed by atoms with Crippen molar-refractivity contribution in [3.63, 3.8) is 0 Å². The van der Waals surface area contributed by atoms with Crippen molar-refractivity contribution in [3.8, 4) is 5.88 Å². The second-order valence-corrected chi connectivity index (χ2v) is 4.60. The summed E-state index contributed by atoms with van der Waals surface area (Å²) in [5.41, 5.74) is 1.08. The molecule has 0 aliphatic carbocycles. The van der Waals surface area contributed by atoms with Gasteiger partial charge in [0, 0.05) is 16.2 Å². The highest BCUT2D eigenvalue weighted by Gasteiger charge is 2.01. The fourth-order valence-electron chi connectivity index (χ4n) is 1.38. The van der Waals surface area contributed by atoms with E-state index >= 15 is 0 Å². The molecule has 1 rings (SSSR count). The van der Waals surface area contributed by atoms with Crippen LogP contribution < -0.4 is 4.74 Å². The summed E-state index contributed by atoms with van der Waals surface area (Å²) >= 11 is 3.38. The van der Waals surface area contributed by atoms with Crippen LogP contribution >= 0.6 is 15.9 Å². The summed E-state index contributed by atoms with van der Waals surface area (Å²) in [6.45, 7) is 5.00. The maximum Gasteiger partial charge on any atom is 0.216 e. The third-order valence-electron chi connectivity index (χ3n) is 2.23. The Morgan fingerprint density at radius 3 is 2.80 bits per heavy atom. The quantitative estimate of drug-likeness (QED) is 0.727. The predicted octanol–water partition coefficient (Wildman–Crippen LogP) is 4.11. The third-order valence-corrected chi connectivity index (χ3v) is 2.67. The molecule has 0 N–H and O–H groups in total. The van der Waals surface area contributed by atoms with Gasteiger partial charge < -0.3 is 4.74 Å². The molecule has 0 aromatic carbocycles. The molecule has 0 atom stereocenters.